The number of hydrogen-bond acceptors (Lipinski definition) is 6. The summed E-state index contributed by atoms with van der Waals surface area (Å²) < 4.78 is 6.43. The second kappa shape index (κ2) is 8.43. The van der Waals surface area contributed by atoms with Gasteiger partial charge in [0.15, 0.2) is 5.58 Å². The van der Waals surface area contributed by atoms with Gasteiger partial charge in [-0.1, -0.05) is 6.92 Å². The fourth-order valence-corrected chi connectivity index (χ4v) is 2.55. The first-order chi connectivity index (χ1) is 11.9. The van der Waals surface area contributed by atoms with Crippen molar-refractivity contribution in [2.75, 3.05) is 13.1 Å². The van der Waals surface area contributed by atoms with E-state index in [1.807, 2.05) is 13.8 Å². The third-order valence-electron chi connectivity index (χ3n) is 3.81. The number of likely N-dealkylation sites (N-methyl/N-ethyl adjacent to an activating group) is 1. The Morgan fingerprint density at radius 2 is 2.20 bits per heavy atom. The zero-order valence-electron chi connectivity index (χ0n) is 14.3. The number of aromatic nitrogens is 1. The summed E-state index contributed by atoms with van der Waals surface area (Å²) in [4.78, 5) is 33.9. The number of nitro benzene ring substituents is 1. The molecule has 0 aliphatic heterocycles. The van der Waals surface area contributed by atoms with E-state index in [4.69, 9.17) is 4.42 Å². The van der Waals surface area contributed by atoms with Crippen molar-refractivity contribution in [1.82, 2.24) is 15.2 Å². The molecule has 0 aliphatic carbocycles. The fraction of sp³-hybridized carbons (Fsp3) is 0.500. The summed E-state index contributed by atoms with van der Waals surface area (Å²) >= 11 is 0. The van der Waals surface area contributed by atoms with E-state index >= 15 is 0 Å². The molecule has 9 heteroatoms. The van der Waals surface area contributed by atoms with Crippen molar-refractivity contribution in [2.24, 2.45) is 0 Å². The Morgan fingerprint density at radius 3 is 2.88 bits per heavy atom. The fourth-order valence-electron chi connectivity index (χ4n) is 2.55. The molecule has 0 unspecified atom stereocenters. The zero-order valence-corrected chi connectivity index (χ0v) is 14.3. The SMILES string of the molecule is CCN[C@H](C)CNC(=O)CCCn1c(=O)oc2cc([N+](=O)[O-])ccc21. The molecule has 0 radical (unpaired) electrons. The maximum atomic E-state index is 11.9. The number of rotatable bonds is 9. The Morgan fingerprint density at radius 1 is 1.44 bits per heavy atom. The lowest BCUT2D eigenvalue weighted by molar-refractivity contribution is -0.384. The van der Waals surface area contributed by atoms with E-state index in [-0.39, 0.29) is 29.6 Å². The second-order valence-electron chi connectivity index (χ2n) is 5.80. The van der Waals surface area contributed by atoms with E-state index in [1.165, 1.54) is 22.8 Å². The molecular weight excluding hydrogens is 328 g/mol. The predicted molar refractivity (Wildman–Crippen MR) is 92.5 cm³/mol. The average Bonchev–Trinajstić information content (AvgIpc) is 2.88. The topological polar surface area (TPSA) is 119 Å². The van der Waals surface area contributed by atoms with Crippen LogP contribution in [0.4, 0.5) is 5.69 Å². The molecule has 0 aliphatic rings. The van der Waals surface area contributed by atoms with Gasteiger partial charge in [-0.15, -0.1) is 0 Å². The highest BCUT2D eigenvalue weighted by Crippen LogP contribution is 2.20. The Bertz CT molecular complexity index is 810. The molecule has 1 aromatic carbocycles. The maximum Gasteiger partial charge on any atom is 0.419 e. The normalized spacial score (nSPS) is 12.2. The van der Waals surface area contributed by atoms with Gasteiger partial charge in [0.05, 0.1) is 16.5 Å². The molecule has 2 aromatic rings. The number of oxazole rings is 1. The van der Waals surface area contributed by atoms with Gasteiger partial charge in [0, 0.05) is 31.6 Å². The predicted octanol–water partition coefficient (Wildman–Crippen LogP) is 1.40. The molecule has 1 aromatic heterocycles. The van der Waals surface area contributed by atoms with E-state index in [1.54, 1.807) is 0 Å². The van der Waals surface area contributed by atoms with Crippen LogP contribution in [0, 0.1) is 10.1 Å². The number of benzene rings is 1. The van der Waals surface area contributed by atoms with Crippen LogP contribution in [-0.4, -0.2) is 34.5 Å². The summed E-state index contributed by atoms with van der Waals surface area (Å²) in [5.41, 5.74) is 0.516. The number of carbonyl (C=O) groups excluding carboxylic acids is 1. The van der Waals surface area contributed by atoms with E-state index in [2.05, 4.69) is 10.6 Å². The van der Waals surface area contributed by atoms with Gasteiger partial charge in [0.1, 0.15) is 0 Å². The van der Waals surface area contributed by atoms with Crippen molar-refractivity contribution in [1.29, 1.82) is 0 Å². The molecule has 0 spiro atoms. The molecule has 0 saturated carbocycles. The second-order valence-corrected chi connectivity index (χ2v) is 5.80. The number of non-ortho nitro benzene ring substituents is 1. The summed E-state index contributed by atoms with van der Waals surface area (Å²) in [5, 5.41) is 16.8. The molecule has 25 heavy (non-hydrogen) atoms. The largest absolute Gasteiger partial charge is 0.419 e. The Labute approximate surface area is 144 Å². The van der Waals surface area contributed by atoms with Gasteiger partial charge in [-0.05, 0) is 26.0 Å². The number of hydrogen-bond donors (Lipinski definition) is 2. The average molecular weight is 350 g/mol. The molecule has 1 amide bonds. The van der Waals surface area contributed by atoms with Gasteiger partial charge in [0.25, 0.3) is 5.69 Å². The minimum atomic E-state index is -0.586. The van der Waals surface area contributed by atoms with Gasteiger partial charge in [0.2, 0.25) is 5.91 Å². The van der Waals surface area contributed by atoms with E-state index in [0.29, 0.717) is 25.0 Å². The lowest BCUT2D eigenvalue weighted by Crippen LogP contribution is -2.38. The number of carbonyl (C=O) groups is 1. The number of nitro groups is 1. The summed E-state index contributed by atoms with van der Waals surface area (Å²) in [6.45, 7) is 5.68. The van der Waals surface area contributed by atoms with Gasteiger partial charge in [-0.3, -0.25) is 19.5 Å². The van der Waals surface area contributed by atoms with Gasteiger partial charge >= 0.3 is 5.76 Å². The van der Waals surface area contributed by atoms with Crippen molar-refractivity contribution in [2.45, 2.75) is 39.3 Å². The molecule has 2 rings (SSSR count). The third kappa shape index (κ3) is 4.90. The Kier molecular flexibility index (Phi) is 6.29. The van der Waals surface area contributed by atoms with E-state index in [9.17, 15) is 19.7 Å². The first kappa shape index (κ1) is 18.7. The monoisotopic (exact) mass is 350 g/mol. The van der Waals surface area contributed by atoms with Crippen LogP contribution < -0.4 is 16.4 Å². The highest BCUT2D eigenvalue weighted by Gasteiger charge is 2.14. The summed E-state index contributed by atoms with van der Waals surface area (Å²) in [5.74, 6) is -0.669. The number of aryl methyl sites for hydroxylation is 1. The standard InChI is InChI=1S/C16H22N4O5/c1-3-17-11(2)10-18-15(21)5-4-8-19-13-7-6-12(20(23)24)9-14(13)25-16(19)22/h6-7,9,11,17H,3-5,8,10H2,1-2H3,(H,18,21)/t11-/m1/s1. The molecule has 1 heterocycles. The molecule has 1 atom stereocenters. The Balaban J connectivity index is 1.93. The molecular formula is C16H22N4O5. The Hall–Kier alpha value is -2.68. The first-order valence-corrected chi connectivity index (χ1v) is 8.20. The molecule has 0 saturated heterocycles. The van der Waals surface area contributed by atoms with Crippen molar-refractivity contribution < 1.29 is 14.1 Å². The first-order valence-electron chi connectivity index (χ1n) is 8.20. The van der Waals surface area contributed by atoms with Crippen LogP contribution in [0.3, 0.4) is 0 Å². The van der Waals surface area contributed by atoms with Crippen LogP contribution in [0.1, 0.15) is 26.7 Å². The minimum absolute atomic E-state index is 0.0822. The van der Waals surface area contributed by atoms with Gasteiger partial charge in [-0.2, -0.15) is 0 Å². The summed E-state index contributed by atoms with van der Waals surface area (Å²) in [6, 6.07) is 4.23. The van der Waals surface area contributed by atoms with E-state index < -0.39 is 10.7 Å². The van der Waals surface area contributed by atoms with Crippen LogP contribution in [-0.2, 0) is 11.3 Å². The molecule has 0 fully saturated rings. The zero-order chi connectivity index (χ0) is 18.4. The quantitative estimate of drug-likeness (QED) is 0.521. The molecule has 2 N–H and O–H groups in total. The minimum Gasteiger partial charge on any atom is -0.407 e. The number of amides is 1. The number of fused-ring (bicyclic) bond motifs is 1. The van der Waals surface area contributed by atoms with Crippen LogP contribution in [0.5, 0.6) is 0 Å². The van der Waals surface area contributed by atoms with E-state index in [0.717, 1.165) is 6.54 Å². The molecule has 9 nitrogen and oxygen atoms in total. The summed E-state index contributed by atoms with van der Waals surface area (Å²) in [6.07, 6.45) is 0.748. The van der Waals surface area contributed by atoms with Crippen LogP contribution in [0.25, 0.3) is 11.1 Å². The number of nitrogens with one attached hydrogen (secondary N) is 2. The van der Waals surface area contributed by atoms with Crippen molar-refractivity contribution in [3.8, 4) is 0 Å². The van der Waals surface area contributed by atoms with Crippen LogP contribution >= 0.6 is 0 Å². The third-order valence-corrected chi connectivity index (χ3v) is 3.81. The van der Waals surface area contributed by atoms with Gasteiger partial charge < -0.3 is 15.1 Å². The highest BCUT2D eigenvalue weighted by molar-refractivity contribution is 5.76. The summed E-state index contributed by atoms with van der Waals surface area (Å²) in [7, 11) is 0. The van der Waals surface area contributed by atoms with Crippen LogP contribution in [0.15, 0.2) is 27.4 Å². The van der Waals surface area contributed by atoms with Crippen molar-refractivity contribution in [3.05, 3.63) is 38.9 Å². The highest BCUT2D eigenvalue weighted by atomic mass is 16.6. The molecule has 136 valence electrons. The van der Waals surface area contributed by atoms with Gasteiger partial charge in [-0.25, -0.2) is 4.79 Å². The number of nitrogens with zero attached hydrogens (tertiary/aromatic N) is 2. The lowest BCUT2D eigenvalue weighted by Gasteiger charge is -2.13. The lowest BCUT2D eigenvalue weighted by atomic mass is 10.2. The van der Waals surface area contributed by atoms with Crippen molar-refractivity contribution >= 4 is 22.7 Å². The maximum absolute atomic E-state index is 11.9. The van der Waals surface area contributed by atoms with Crippen LogP contribution in [0.2, 0.25) is 0 Å². The smallest absolute Gasteiger partial charge is 0.407 e. The van der Waals surface area contributed by atoms with Crippen molar-refractivity contribution in [3.63, 3.8) is 0 Å². The molecule has 0 bridgehead atoms.